The standard InChI is InChI=1S/C34H60N4O9/c1-11-26-34(6)29(36-32(42)47-34)21(4)38(9)18-19(2)16-33(5,43-10)30(20(3)25(39)15-27(40)45-26)46-31-28(41)24(37(7)8)14-23(44-31)17-35-22-12-13-22/h19-24,26,28-31,35,41H,11-18H2,1-10H3,(H,36,42)/t19-,20+,21-,23+,24?,26-,28-,29-,30-,31+,33-,34-/m1/s1. The first-order valence-electron chi connectivity index (χ1n) is 17.4. The van der Waals surface area contributed by atoms with Crippen LogP contribution in [0.15, 0.2) is 0 Å². The van der Waals surface area contributed by atoms with Crippen molar-refractivity contribution >= 4 is 17.8 Å². The Bertz CT molecular complexity index is 1110. The Kier molecular flexibility index (Phi) is 12.4. The number of carbonyl (C=O) groups is 3. The third kappa shape index (κ3) is 8.66. The van der Waals surface area contributed by atoms with E-state index in [-0.39, 0.29) is 29.9 Å². The second-order valence-corrected chi connectivity index (χ2v) is 15.1. The van der Waals surface area contributed by atoms with Crippen LogP contribution in [-0.2, 0) is 33.3 Å². The Morgan fingerprint density at radius 2 is 1.83 bits per heavy atom. The number of nitrogens with one attached hydrogen (secondary N) is 2. The van der Waals surface area contributed by atoms with Crippen molar-refractivity contribution in [2.45, 2.75) is 146 Å². The summed E-state index contributed by atoms with van der Waals surface area (Å²) in [5.41, 5.74) is -2.13. The predicted molar refractivity (Wildman–Crippen MR) is 175 cm³/mol. The van der Waals surface area contributed by atoms with E-state index in [1.165, 1.54) is 0 Å². The lowest BCUT2D eigenvalue weighted by atomic mass is 9.79. The van der Waals surface area contributed by atoms with E-state index in [4.69, 9.17) is 23.7 Å². The number of alkyl carbamates (subject to hydrolysis) is 1. The zero-order valence-corrected chi connectivity index (χ0v) is 30.1. The van der Waals surface area contributed by atoms with Crippen molar-refractivity contribution in [1.29, 1.82) is 0 Å². The van der Waals surface area contributed by atoms with Crippen molar-refractivity contribution in [3.05, 3.63) is 0 Å². The fourth-order valence-electron chi connectivity index (χ4n) is 7.89. The molecule has 0 aromatic heterocycles. The Morgan fingerprint density at radius 1 is 1.15 bits per heavy atom. The number of Topliss-reactive ketones (excluding diaryl/α,β-unsaturated/α-hetero) is 1. The molecular weight excluding hydrogens is 608 g/mol. The van der Waals surface area contributed by atoms with Crippen molar-refractivity contribution in [3.8, 4) is 0 Å². The molecule has 0 spiro atoms. The van der Waals surface area contributed by atoms with Gasteiger partial charge in [0.1, 0.15) is 24.4 Å². The molecule has 0 radical (unpaired) electrons. The van der Waals surface area contributed by atoms with Crippen LogP contribution in [0.4, 0.5) is 4.79 Å². The molecule has 0 aromatic rings. The van der Waals surface area contributed by atoms with Gasteiger partial charge in [0.2, 0.25) is 0 Å². The molecule has 1 saturated carbocycles. The van der Waals surface area contributed by atoms with E-state index in [9.17, 15) is 19.5 Å². The third-order valence-electron chi connectivity index (χ3n) is 11.0. The second kappa shape index (κ2) is 15.3. The van der Waals surface area contributed by atoms with Crippen LogP contribution in [0.5, 0.6) is 0 Å². The van der Waals surface area contributed by atoms with Crippen molar-refractivity contribution < 1.29 is 43.2 Å². The number of likely N-dealkylation sites (N-methyl/N-ethyl adjacent to an activating group) is 2. The van der Waals surface area contributed by atoms with Crippen LogP contribution in [0.25, 0.3) is 0 Å². The third-order valence-corrected chi connectivity index (χ3v) is 11.0. The first kappa shape index (κ1) is 37.9. The maximum atomic E-state index is 13.9. The SMILES string of the molecule is CC[C@H]1OC(=O)CC(=O)[C@H](C)[C@@H](O[C@@H]2O[C@H](CNC3CC3)CC(N(C)C)[C@H]2O)[C@](C)(OC)C[C@@H](C)CN(C)[C@H](C)[C@H]2NC(=O)O[C@@]21C. The maximum Gasteiger partial charge on any atom is 0.408 e. The van der Waals surface area contributed by atoms with Gasteiger partial charge in [-0.3, -0.25) is 9.59 Å². The normalized spacial score (nSPS) is 43.0. The van der Waals surface area contributed by atoms with E-state index in [2.05, 4.69) is 22.5 Å². The minimum atomic E-state index is -1.14. The van der Waals surface area contributed by atoms with Gasteiger partial charge < -0.3 is 49.2 Å². The number of fused-ring (bicyclic) bond motifs is 1. The molecule has 1 aliphatic carbocycles. The van der Waals surface area contributed by atoms with Crippen LogP contribution in [0.2, 0.25) is 0 Å². The number of methoxy groups -OCH3 is 1. The van der Waals surface area contributed by atoms with Gasteiger partial charge >= 0.3 is 12.1 Å². The molecule has 3 heterocycles. The number of carbonyl (C=O) groups excluding carboxylic acids is 3. The number of hydrogen-bond donors (Lipinski definition) is 3. The summed E-state index contributed by atoms with van der Waals surface area (Å²) in [6.07, 6.45) is -1.06. The highest BCUT2D eigenvalue weighted by Gasteiger charge is 2.55. The number of hydrogen-bond acceptors (Lipinski definition) is 12. The summed E-state index contributed by atoms with van der Waals surface area (Å²) in [4.78, 5) is 43.9. The van der Waals surface area contributed by atoms with Crippen LogP contribution in [-0.4, -0.2) is 140 Å². The van der Waals surface area contributed by atoms with Gasteiger partial charge in [0.25, 0.3) is 0 Å². The Labute approximate surface area is 280 Å². The largest absolute Gasteiger partial charge is 0.458 e. The lowest BCUT2D eigenvalue weighted by molar-refractivity contribution is -0.297. The molecule has 4 aliphatic rings. The van der Waals surface area contributed by atoms with Gasteiger partial charge in [-0.15, -0.1) is 0 Å². The zero-order chi connectivity index (χ0) is 34.8. The summed E-state index contributed by atoms with van der Waals surface area (Å²) >= 11 is 0. The summed E-state index contributed by atoms with van der Waals surface area (Å²) in [6, 6.07) is -0.366. The van der Waals surface area contributed by atoms with Crippen molar-refractivity contribution in [1.82, 2.24) is 20.4 Å². The Balaban J connectivity index is 1.66. The number of amides is 1. The zero-order valence-electron chi connectivity index (χ0n) is 30.1. The fourth-order valence-corrected chi connectivity index (χ4v) is 7.89. The van der Waals surface area contributed by atoms with Gasteiger partial charge in [0.05, 0.1) is 23.9 Å². The number of rotatable bonds is 8. The van der Waals surface area contributed by atoms with E-state index in [0.717, 1.165) is 12.8 Å². The first-order chi connectivity index (χ1) is 22.0. The first-order valence-corrected chi connectivity index (χ1v) is 17.4. The van der Waals surface area contributed by atoms with E-state index >= 15 is 0 Å². The average molecular weight is 669 g/mol. The molecule has 13 nitrogen and oxygen atoms in total. The monoisotopic (exact) mass is 668 g/mol. The van der Waals surface area contributed by atoms with Gasteiger partial charge in [-0.2, -0.15) is 0 Å². The van der Waals surface area contributed by atoms with Crippen LogP contribution in [0.1, 0.15) is 80.1 Å². The highest BCUT2D eigenvalue weighted by molar-refractivity contribution is 5.97. The van der Waals surface area contributed by atoms with Crippen LogP contribution < -0.4 is 10.6 Å². The smallest absolute Gasteiger partial charge is 0.408 e. The number of cyclic esters (lactones) is 1. The number of aliphatic hydroxyl groups excluding tert-OH is 1. The molecule has 4 rings (SSSR count). The lowest BCUT2D eigenvalue weighted by Crippen LogP contribution is -2.60. The van der Waals surface area contributed by atoms with Crippen molar-refractivity contribution in [2.75, 3.05) is 41.3 Å². The molecule has 4 fully saturated rings. The molecule has 3 saturated heterocycles. The van der Waals surface area contributed by atoms with Crippen LogP contribution >= 0.6 is 0 Å². The quantitative estimate of drug-likeness (QED) is 0.257. The molecule has 3 aliphatic heterocycles. The molecule has 0 aromatic carbocycles. The summed E-state index contributed by atoms with van der Waals surface area (Å²) in [7, 11) is 7.44. The summed E-state index contributed by atoms with van der Waals surface area (Å²) < 4.78 is 31.0. The van der Waals surface area contributed by atoms with Gasteiger partial charge in [0, 0.05) is 44.2 Å². The van der Waals surface area contributed by atoms with Gasteiger partial charge in [0.15, 0.2) is 11.9 Å². The molecule has 1 unspecified atom stereocenters. The number of ether oxygens (including phenoxy) is 5. The van der Waals surface area contributed by atoms with E-state index in [1.807, 2.05) is 46.8 Å². The summed E-state index contributed by atoms with van der Waals surface area (Å²) in [6.45, 7) is 12.7. The molecule has 1 amide bonds. The van der Waals surface area contributed by atoms with Gasteiger partial charge in [-0.05, 0) is 79.9 Å². The molecule has 12 atom stereocenters. The summed E-state index contributed by atoms with van der Waals surface area (Å²) in [5, 5.41) is 18.0. The minimum Gasteiger partial charge on any atom is -0.458 e. The summed E-state index contributed by atoms with van der Waals surface area (Å²) in [5.74, 6) is -1.84. The molecule has 13 heteroatoms. The maximum absolute atomic E-state index is 13.9. The van der Waals surface area contributed by atoms with Crippen LogP contribution in [0, 0.1) is 11.8 Å². The predicted octanol–water partition coefficient (Wildman–Crippen LogP) is 2.08. The fraction of sp³-hybridized carbons (Fsp3) is 0.912. The number of esters is 1. The Morgan fingerprint density at radius 3 is 2.43 bits per heavy atom. The molecule has 3 N–H and O–H groups in total. The second-order valence-electron chi connectivity index (χ2n) is 15.1. The lowest BCUT2D eigenvalue weighted by Gasteiger charge is -2.47. The van der Waals surface area contributed by atoms with Gasteiger partial charge in [-0.1, -0.05) is 20.8 Å². The molecule has 47 heavy (non-hydrogen) atoms. The molecule has 270 valence electrons. The molecule has 0 bridgehead atoms. The number of aliphatic hydroxyl groups is 1. The highest BCUT2D eigenvalue weighted by Crippen LogP contribution is 2.38. The minimum absolute atomic E-state index is 0.0530. The Hall–Kier alpha value is -1.87. The van der Waals surface area contributed by atoms with E-state index in [0.29, 0.717) is 38.4 Å². The van der Waals surface area contributed by atoms with Gasteiger partial charge in [-0.25, -0.2) is 4.79 Å². The number of ketones is 1. The van der Waals surface area contributed by atoms with Crippen LogP contribution in [0.3, 0.4) is 0 Å². The topological polar surface area (TPSA) is 148 Å². The molecular formula is C34H60N4O9. The number of nitrogens with zero attached hydrogens (tertiary/aromatic N) is 2. The van der Waals surface area contributed by atoms with Crippen molar-refractivity contribution in [3.63, 3.8) is 0 Å². The van der Waals surface area contributed by atoms with E-state index < -0.39 is 66.2 Å². The van der Waals surface area contributed by atoms with Crippen molar-refractivity contribution in [2.24, 2.45) is 11.8 Å². The average Bonchev–Trinajstić information content (AvgIpc) is 3.78. The highest BCUT2D eigenvalue weighted by atomic mass is 16.7. The van der Waals surface area contributed by atoms with E-state index in [1.54, 1.807) is 21.0 Å².